The molecule has 16 heavy (non-hydrogen) atoms. The van der Waals surface area contributed by atoms with E-state index in [1.807, 2.05) is 0 Å². The van der Waals surface area contributed by atoms with Crippen molar-refractivity contribution >= 4 is 5.97 Å². The minimum Gasteiger partial charge on any atom is -0.465 e. The van der Waals surface area contributed by atoms with E-state index in [-0.39, 0.29) is 12.1 Å². The molecule has 0 saturated heterocycles. The molecule has 92 valence electrons. The summed E-state index contributed by atoms with van der Waals surface area (Å²) < 4.78 is 10.9. The van der Waals surface area contributed by atoms with Crippen LogP contribution in [0.5, 0.6) is 0 Å². The Morgan fingerprint density at radius 2 is 2.12 bits per heavy atom. The van der Waals surface area contributed by atoms with Gasteiger partial charge in [-0.25, -0.2) is 0 Å². The zero-order valence-corrected chi connectivity index (χ0v) is 9.91. The highest BCUT2D eigenvalue weighted by molar-refractivity contribution is 5.81. The van der Waals surface area contributed by atoms with E-state index in [9.17, 15) is 4.79 Å². The Bertz CT molecular complexity index is 265. The van der Waals surface area contributed by atoms with Crippen LogP contribution in [0, 0.1) is 0 Å². The van der Waals surface area contributed by atoms with Crippen LogP contribution in [-0.4, -0.2) is 30.3 Å². The molecule has 4 nitrogen and oxygen atoms in total. The molecule has 0 aliphatic heterocycles. The summed E-state index contributed by atoms with van der Waals surface area (Å²) in [5.74, 6) is -0.269. The summed E-state index contributed by atoms with van der Waals surface area (Å²) in [5, 5.41) is 0. The monoisotopic (exact) mass is 227 g/mol. The fraction of sp³-hybridized carbons (Fsp3) is 0.917. The standard InChI is InChI=1S/C12H21NO3/c1-2-15-11(14)12(13)7-6-10(8-12)16-9-4-3-5-9/h9-10H,2-8,13H2,1H3. The summed E-state index contributed by atoms with van der Waals surface area (Å²) in [4.78, 5) is 11.7. The second kappa shape index (κ2) is 4.72. The lowest BCUT2D eigenvalue weighted by Gasteiger charge is -2.29. The molecular weight excluding hydrogens is 206 g/mol. The van der Waals surface area contributed by atoms with Gasteiger partial charge in [0.25, 0.3) is 0 Å². The molecule has 0 bridgehead atoms. The number of ether oxygens (including phenoxy) is 2. The molecule has 0 amide bonds. The second-order valence-corrected chi connectivity index (χ2v) is 4.93. The van der Waals surface area contributed by atoms with E-state index in [1.165, 1.54) is 6.42 Å². The van der Waals surface area contributed by atoms with E-state index in [0.717, 1.165) is 19.3 Å². The number of hydrogen-bond acceptors (Lipinski definition) is 4. The van der Waals surface area contributed by atoms with Crippen molar-refractivity contribution in [2.45, 2.75) is 63.2 Å². The zero-order chi connectivity index (χ0) is 11.6. The summed E-state index contributed by atoms with van der Waals surface area (Å²) in [6, 6.07) is 0. The predicted molar refractivity (Wildman–Crippen MR) is 59.9 cm³/mol. The van der Waals surface area contributed by atoms with Crippen LogP contribution in [-0.2, 0) is 14.3 Å². The SMILES string of the molecule is CCOC(=O)C1(N)CCC(OC2CCC2)C1. The van der Waals surface area contributed by atoms with Crippen LogP contribution in [0.2, 0.25) is 0 Å². The van der Waals surface area contributed by atoms with Gasteiger partial charge in [0, 0.05) is 6.42 Å². The predicted octanol–water partition coefficient (Wildman–Crippen LogP) is 1.37. The maximum Gasteiger partial charge on any atom is 0.326 e. The number of carbonyl (C=O) groups is 1. The molecule has 2 aliphatic rings. The van der Waals surface area contributed by atoms with Gasteiger partial charge in [0.2, 0.25) is 0 Å². The molecule has 0 radical (unpaired) electrons. The molecule has 0 aromatic carbocycles. The number of esters is 1. The Morgan fingerprint density at radius 3 is 2.69 bits per heavy atom. The first-order valence-corrected chi connectivity index (χ1v) is 6.25. The van der Waals surface area contributed by atoms with Crippen LogP contribution in [0.3, 0.4) is 0 Å². The number of carbonyl (C=O) groups excluding carboxylic acids is 1. The third-order valence-corrected chi connectivity index (χ3v) is 3.62. The molecule has 2 fully saturated rings. The maximum absolute atomic E-state index is 11.7. The molecule has 4 heteroatoms. The third-order valence-electron chi connectivity index (χ3n) is 3.62. The molecular formula is C12H21NO3. The average Bonchev–Trinajstić information content (AvgIpc) is 2.56. The van der Waals surface area contributed by atoms with Crippen molar-refractivity contribution in [3.63, 3.8) is 0 Å². The molecule has 0 heterocycles. The van der Waals surface area contributed by atoms with Gasteiger partial charge in [0.1, 0.15) is 5.54 Å². The van der Waals surface area contributed by atoms with Gasteiger partial charge in [-0.1, -0.05) is 0 Å². The molecule has 2 atom stereocenters. The molecule has 0 aromatic heterocycles. The molecule has 2 saturated carbocycles. The average molecular weight is 227 g/mol. The van der Waals surface area contributed by atoms with E-state index >= 15 is 0 Å². The Kier molecular flexibility index (Phi) is 3.50. The van der Waals surface area contributed by atoms with E-state index in [2.05, 4.69) is 0 Å². The lowest BCUT2D eigenvalue weighted by atomic mass is 9.95. The Labute approximate surface area is 96.5 Å². The molecule has 2 aliphatic carbocycles. The van der Waals surface area contributed by atoms with Crippen LogP contribution in [0.25, 0.3) is 0 Å². The molecule has 2 N–H and O–H groups in total. The fourth-order valence-corrected chi connectivity index (χ4v) is 2.38. The highest BCUT2D eigenvalue weighted by Crippen LogP contribution is 2.34. The third kappa shape index (κ3) is 2.38. The van der Waals surface area contributed by atoms with Crippen molar-refractivity contribution < 1.29 is 14.3 Å². The van der Waals surface area contributed by atoms with Crippen molar-refractivity contribution in [1.82, 2.24) is 0 Å². The van der Waals surface area contributed by atoms with Crippen LogP contribution in [0.1, 0.15) is 45.4 Å². The molecule has 0 aromatic rings. The lowest BCUT2D eigenvalue weighted by Crippen LogP contribution is -2.47. The van der Waals surface area contributed by atoms with E-state index in [1.54, 1.807) is 6.92 Å². The van der Waals surface area contributed by atoms with E-state index < -0.39 is 5.54 Å². The summed E-state index contributed by atoms with van der Waals surface area (Å²) >= 11 is 0. The lowest BCUT2D eigenvalue weighted by molar-refractivity contribution is -0.150. The molecule has 0 spiro atoms. The zero-order valence-electron chi connectivity index (χ0n) is 9.91. The van der Waals surface area contributed by atoms with Crippen LogP contribution >= 0.6 is 0 Å². The number of rotatable bonds is 4. The van der Waals surface area contributed by atoms with Gasteiger partial charge in [-0.05, 0) is 39.0 Å². The van der Waals surface area contributed by atoms with E-state index in [4.69, 9.17) is 15.2 Å². The van der Waals surface area contributed by atoms with Crippen molar-refractivity contribution in [1.29, 1.82) is 0 Å². The van der Waals surface area contributed by atoms with Crippen molar-refractivity contribution in [2.75, 3.05) is 6.61 Å². The second-order valence-electron chi connectivity index (χ2n) is 4.93. The first kappa shape index (κ1) is 11.9. The normalized spacial score (nSPS) is 34.8. The fourth-order valence-electron chi connectivity index (χ4n) is 2.38. The molecule has 2 rings (SSSR count). The van der Waals surface area contributed by atoms with Crippen molar-refractivity contribution in [3.8, 4) is 0 Å². The van der Waals surface area contributed by atoms with Gasteiger partial charge in [-0.2, -0.15) is 0 Å². The largest absolute Gasteiger partial charge is 0.465 e. The first-order valence-electron chi connectivity index (χ1n) is 6.25. The summed E-state index contributed by atoms with van der Waals surface area (Å²) in [5.41, 5.74) is 5.26. The maximum atomic E-state index is 11.7. The highest BCUT2D eigenvalue weighted by atomic mass is 16.5. The number of nitrogens with two attached hydrogens (primary N) is 1. The molecule has 2 unspecified atom stereocenters. The van der Waals surface area contributed by atoms with Crippen LogP contribution < -0.4 is 5.73 Å². The number of hydrogen-bond donors (Lipinski definition) is 1. The Hall–Kier alpha value is -0.610. The Morgan fingerprint density at radius 1 is 1.38 bits per heavy atom. The summed E-state index contributed by atoms with van der Waals surface area (Å²) in [6.07, 6.45) is 6.33. The van der Waals surface area contributed by atoms with Crippen LogP contribution in [0.15, 0.2) is 0 Å². The minimum atomic E-state index is -0.801. The van der Waals surface area contributed by atoms with Crippen LogP contribution in [0.4, 0.5) is 0 Å². The van der Waals surface area contributed by atoms with Gasteiger partial charge < -0.3 is 15.2 Å². The van der Waals surface area contributed by atoms with Gasteiger partial charge >= 0.3 is 5.97 Å². The van der Waals surface area contributed by atoms with Crippen molar-refractivity contribution in [2.24, 2.45) is 5.73 Å². The highest BCUT2D eigenvalue weighted by Gasteiger charge is 2.44. The summed E-state index contributed by atoms with van der Waals surface area (Å²) in [7, 11) is 0. The topological polar surface area (TPSA) is 61.5 Å². The smallest absolute Gasteiger partial charge is 0.326 e. The van der Waals surface area contributed by atoms with E-state index in [0.29, 0.717) is 25.6 Å². The van der Waals surface area contributed by atoms with Gasteiger partial charge in [-0.15, -0.1) is 0 Å². The Balaban J connectivity index is 1.82. The quantitative estimate of drug-likeness (QED) is 0.737. The first-order chi connectivity index (χ1) is 7.64. The van der Waals surface area contributed by atoms with Gasteiger partial charge in [0.15, 0.2) is 0 Å². The van der Waals surface area contributed by atoms with Gasteiger partial charge in [0.05, 0.1) is 18.8 Å². The summed E-state index contributed by atoms with van der Waals surface area (Å²) in [6.45, 7) is 2.20. The van der Waals surface area contributed by atoms with Gasteiger partial charge in [-0.3, -0.25) is 4.79 Å². The van der Waals surface area contributed by atoms with Crippen molar-refractivity contribution in [3.05, 3.63) is 0 Å². The minimum absolute atomic E-state index is 0.153.